The van der Waals surface area contributed by atoms with Crippen LogP contribution in [0.25, 0.3) is 0 Å². The van der Waals surface area contributed by atoms with Crippen molar-refractivity contribution in [2.24, 2.45) is 0 Å². The van der Waals surface area contributed by atoms with E-state index in [1.54, 1.807) is 13.8 Å². The normalized spacial score (nSPS) is 10.6. The third-order valence-electron chi connectivity index (χ3n) is 1.68. The molecule has 0 aromatic heterocycles. The molecule has 0 radical (unpaired) electrons. The zero-order chi connectivity index (χ0) is 8.32. The Labute approximate surface area is 84.7 Å². The van der Waals surface area contributed by atoms with Crippen molar-refractivity contribution in [2.75, 3.05) is 0 Å². The Bertz CT molecular complexity index is 221. The van der Waals surface area contributed by atoms with Crippen LogP contribution in [0.1, 0.15) is 19.4 Å². The average molecular weight is 158 g/mol. The van der Waals surface area contributed by atoms with E-state index in [2.05, 4.69) is 4.89 Å². The van der Waals surface area contributed by atoms with Crippen LogP contribution >= 0.6 is 0 Å². The minimum absolute atomic E-state index is 0. The first-order chi connectivity index (χ1) is 5.17. The zero-order valence-corrected chi connectivity index (χ0v) is 7.70. The van der Waals surface area contributed by atoms with Crippen molar-refractivity contribution < 1.29 is 29.0 Å². The largest absolute Gasteiger partial charge is 1.00 e. The summed E-state index contributed by atoms with van der Waals surface area (Å²) in [5.41, 5.74) is 0.177. The van der Waals surface area contributed by atoms with Crippen LogP contribution in [0.5, 0.6) is 0 Å². The molecule has 0 aliphatic carbocycles. The van der Waals surface area contributed by atoms with E-state index in [4.69, 9.17) is 0 Å². The second-order valence-electron chi connectivity index (χ2n) is 2.96. The molecule has 0 amide bonds. The molecule has 0 aliphatic rings. The average Bonchev–Trinajstić information content (AvgIpc) is 2.06. The van der Waals surface area contributed by atoms with E-state index in [1.807, 2.05) is 30.3 Å². The van der Waals surface area contributed by atoms with Gasteiger partial charge in [0.15, 0.2) is 0 Å². The molecule has 0 saturated carbocycles. The summed E-state index contributed by atoms with van der Waals surface area (Å²) in [5.74, 6) is 0. The van der Waals surface area contributed by atoms with Gasteiger partial charge >= 0.3 is 18.9 Å². The van der Waals surface area contributed by atoms with E-state index in [1.165, 1.54) is 0 Å². The molecule has 60 valence electrons. The van der Waals surface area contributed by atoms with Crippen LogP contribution < -0.4 is 24.1 Å². The van der Waals surface area contributed by atoms with Gasteiger partial charge in [-0.2, -0.15) is 0 Å². The first kappa shape index (κ1) is 11.7. The van der Waals surface area contributed by atoms with Crippen LogP contribution in [0.3, 0.4) is 0 Å². The van der Waals surface area contributed by atoms with Crippen LogP contribution in [0.4, 0.5) is 0 Å². The van der Waals surface area contributed by atoms with Gasteiger partial charge < -0.3 is 10.1 Å². The molecule has 0 atom stereocenters. The molecule has 0 heterocycles. The van der Waals surface area contributed by atoms with Gasteiger partial charge in [-0.3, -0.25) is 0 Å². The van der Waals surface area contributed by atoms with Gasteiger partial charge in [0, 0.05) is 0 Å². The first-order valence-electron chi connectivity index (χ1n) is 3.53. The Morgan fingerprint density at radius 3 is 2.08 bits per heavy atom. The third kappa shape index (κ3) is 2.65. The number of benzene rings is 1. The molecule has 0 spiro atoms. The van der Waals surface area contributed by atoms with E-state index in [0.29, 0.717) is 0 Å². The van der Waals surface area contributed by atoms with E-state index >= 15 is 0 Å². The SMILES string of the molecule is CC(C)(O[O-])c1ccccc1.[Li+]. The molecule has 0 unspecified atom stereocenters. The van der Waals surface area contributed by atoms with Crippen LogP contribution in [-0.4, -0.2) is 0 Å². The molecule has 3 heteroatoms. The van der Waals surface area contributed by atoms with Gasteiger partial charge in [0.2, 0.25) is 0 Å². The van der Waals surface area contributed by atoms with Crippen LogP contribution in [0, 0.1) is 0 Å². The van der Waals surface area contributed by atoms with Crippen molar-refractivity contribution in [2.45, 2.75) is 19.4 Å². The Kier molecular flexibility index (Phi) is 4.58. The van der Waals surface area contributed by atoms with E-state index < -0.39 is 5.60 Å². The van der Waals surface area contributed by atoms with E-state index in [9.17, 15) is 5.26 Å². The van der Waals surface area contributed by atoms with Gasteiger partial charge in [-0.1, -0.05) is 30.3 Å². The minimum atomic E-state index is -0.721. The van der Waals surface area contributed by atoms with Crippen molar-refractivity contribution in [1.82, 2.24) is 0 Å². The maximum Gasteiger partial charge on any atom is 1.00 e. The second-order valence-corrected chi connectivity index (χ2v) is 2.96. The Balaban J connectivity index is 0.00000121. The van der Waals surface area contributed by atoms with Crippen molar-refractivity contribution >= 4 is 0 Å². The predicted molar refractivity (Wildman–Crippen MR) is 40.6 cm³/mol. The molecule has 1 aromatic rings. The summed E-state index contributed by atoms with van der Waals surface area (Å²) in [6.07, 6.45) is 0. The second kappa shape index (κ2) is 4.69. The van der Waals surface area contributed by atoms with Crippen molar-refractivity contribution in [1.29, 1.82) is 0 Å². The maximum absolute atomic E-state index is 10.3. The molecule has 0 N–H and O–H groups in total. The Morgan fingerprint density at radius 1 is 1.17 bits per heavy atom. The van der Waals surface area contributed by atoms with E-state index in [-0.39, 0.29) is 18.9 Å². The third-order valence-corrected chi connectivity index (χ3v) is 1.68. The smallest absolute Gasteiger partial charge is 0.723 e. The summed E-state index contributed by atoms with van der Waals surface area (Å²) < 4.78 is 0. The fourth-order valence-corrected chi connectivity index (χ4v) is 0.888. The molecule has 1 rings (SSSR count). The van der Waals surface area contributed by atoms with Gasteiger partial charge in [0.05, 0.1) is 5.60 Å². The molecule has 2 nitrogen and oxygen atoms in total. The molecule has 0 aliphatic heterocycles. The molecule has 12 heavy (non-hydrogen) atoms. The van der Waals surface area contributed by atoms with Gasteiger partial charge in [-0.25, -0.2) is 0 Å². The molecule has 1 aromatic carbocycles. The summed E-state index contributed by atoms with van der Waals surface area (Å²) in [7, 11) is 0. The predicted octanol–water partition coefficient (Wildman–Crippen LogP) is -1.78. The Morgan fingerprint density at radius 2 is 1.67 bits per heavy atom. The molecule has 0 fully saturated rings. The standard InChI is InChI=1S/C9H12O2.Li/c1-9(2,11-10)8-6-4-3-5-7-8;/h3-7,10H,1-2H3;/q;+1/p-1. The summed E-state index contributed by atoms with van der Waals surface area (Å²) in [5, 5.41) is 10.3. The molecular formula is C9H11LiO2. The van der Waals surface area contributed by atoms with Crippen LogP contribution in [-0.2, 0) is 10.5 Å². The van der Waals surface area contributed by atoms with Crippen molar-refractivity contribution in [3.63, 3.8) is 0 Å². The topological polar surface area (TPSA) is 32.3 Å². The van der Waals surface area contributed by atoms with Gasteiger partial charge in [-0.05, 0) is 19.4 Å². The van der Waals surface area contributed by atoms with Crippen molar-refractivity contribution in [3.8, 4) is 0 Å². The fourth-order valence-electron chi connectivity index (χ4n) is 0.888. The van der Waals surface area contributed by atoms with Crippen molar-refractivity contribution in [3.05, 3.63) is 35.9 Å². The monoisotopic (exact) mass is 158 g/mol. The number of hydrogen-bond donors (Lipinski definition) is 0. The number of rotatable bonds is 2. The summed E-state index contributed by atoms with van der Waals surface area (Å²) in [6, 6.07) is 9.42. The van der Waals surface area contributed by atoms with Crippen LogP contribution in [0.15, 0.2) is 30.3 Å². The van der Waals surface area contributed by atoms with Crippen LogP contribution in [0.2, 0.25) is 0 Å². The quantitative estimate of drug-likeness (QED) is 0.289. The molecule has 0 saturated heterocycles. The van der Waals surface area contributed by atoms with Gasteiger partial charge in [0.1, 0.15) is 0 Å². The number of hydrogen-bond acceptors (Lipinski definition) is 2. The minimum Gasteiger partial charge on any atom is -0.723 e. The molecule has 0 bridgehead atoms. The van der Waals surface area contributed by atoms with Gasteiger partial charge in [0.25, 0.3) is 0 Å². The van der Waals surface area contributed by atoms with E-state index in [0.717, 1.165) is 5.56 Å². The first-order valence-corrected chi connectivity index (χ1v) is 3.53. The van der Waals surface area contributed by atoms with Gasteiger partial charge in [-0.15, -0.1) is 0 Å². The fraction of sp³-hybridized carbons (Fsp3) is 0.333. The summed E-state index contributed by atoms with van der Waals surface area (Å²) in [4.78, 5) is 4.07. The molecular weight excluding hydrogens is 147 g/mol. The Hall–Kier alpha value is -0.263. The maximum atomic E-state index is 10.3. The summed E-state index contributed by atoms with van der Waals surface area (Å²) in [6.45, 7) is 3.49. The summed E-state index contributed by atoms with van der Waals surface area (Å²) >= 11 is 0. The zero-order valence-electron chi connectivity index (χ0n) is 7.70.